The number of anilines is 1. The minimum atomic E-state index is -4.74. The molecule has 14 heteroatoms. The molecular weight excluding hydrogens is 783 g/mol. The molecule has 0 bridgehead atoms. The molecule has 1 aliphatic rings. The number of allylic oxidation sites excluding steroid dienone is 1. The fourth-order valence-corrected chi connectivity index (χ4v) is 8.57. The Morgan fingerprint density at radius 3 is 1.87 bits per heavy atom. The van der Waals surface area contributed by atoms with Gasteiger partial charge in [0.25, 0.3) is 5.52 Å². The lowest BCUT2D eigenvalue weighted by Gasteiger charge is -2.16. The van der Waals surface area contributed by atoms with Crippen LogP contribution in [0.5, 0.6) is 5.75 Å². The Morgan fingerprint density at radius 1 is 0.691 bits per heavy atom. The number of halogens is 2. The Morgan fingerprint density at radius 2 is 1.25 bits per heavy atom. The molecule has 0 spiro atoms. The monoisotopic (exact) mass is 809 g/mol. The van der Waals surface area contributed by atoms with Gasteiger partial charge in [-0.3, -0.25) is 0 Å². The number of ether oxygens (including phenoxy) is 1. The van der Waals surface area contributed by atoms with Gasteiger partial charge >= 0.3 is 5.89 Å². The molecule has 1 aliphatic heterocycles. The van der Waals surface area contributed by atoms with Crippen molar-refractivity contribution in [3.8, 4) is 5.75 Å². The van der Waals surface area contributed by atoms with Gasteiger partial charge in [0, 0.05) is 33.4 Å². The van der Waals surface area contributed by atoms with E-state index >= 15 is 0 Å². The van der Waals surface area contributed by atoms with Gasteiger partial charge in [0.2, 0.25) is 11.5 Å². The van der Waals surface area contributed by atoms with Gasteiger partial charge < -0.3 is 23.2 Å². The first-order valence-electron chi connectivity index (χ1n) is 16.7. The molecule has 8 rings (SSSR count). The zero-order chi connectivity index (χ0) is 38.5. The van der Waals surface area contributed by atoms with Gasteiger partial charge in [0.05, 0.1) is 15.5 Å². The number of rotatable bonds is 9. The normalized spacial score (nSPS) is 14.3. The van der Waals surface area contributed by atoms with Crippen molar-refractivity contribution >= 4 is 100.0 Å². The van der Waals surface area contributed by atoms with Crippen LogP contribution < -0.4 is 14.2 Å². The average Bonchev–Trinajstić information content (AvgIpc) is 3.66. The van der Waals surface area contributed by atoms with Crippen LogP contribution in [0.1, 0.15) is 17.0 Å². The van der Waals surface area contributed by atoms with Gasteiger partial charge in [-0.05, 0) is 70.4 Å². The fraction of sp³-hybridized carbons (Fsp3) is 0.0488. The molecule has 0 aliphatic carbocycles. The van der Waals surface area contributed by atoms with Crippen molar-refractivity contribution in [3.05, 3.63) is 154 Å². The summed E-state index contributed by atoms with van der Waals surface area (Å²) in [7, 11) is -9.48. The van der Waals surface area contributed by atoms with E-state index in [1.165, 1.54) is 24.3 Å². The highest BCUT2D eigenvalue weighted by Gasteiger charge is 2.30. The van der Waals surface area contributed by atoms with E-state index in [1.807, 2.05) is 21.6 Å². The Kier molecular flexibility index (Phi) is 9.50. The standard InChI is InChI=1S/C41H28Cl2N2O8S2/c42-30-17-19-34-32(23-30)44(21-5-13-28-9-1-7-26-11-3-15-36(40(26)28)54(46,47)48)38(52-34)25-39-45(33-24-31(43)18-20-35(33)53-39)22-6-14-29-10-2-8-27-12-4-16-37(41(27)29)55(49,50)51/h1-20,23-25H,21-22H2,(H-,46,47,48,49,50,51)/p-1. The quantitative estimate of drug-likeness (QED) is 0.103. The highest BCUT2D eigenvalue weighted by Crippen LogP contribution is 2.41. The van der Waals surface area contributed by atoms with Gasteiger partial charge in [0.15, 0.2) is 12.3 Å². The Bertz CT molecular complexity index is 3000. The van der Waals surface area contributed by atoms with Crippen LogP contribution >= 0.6 is 23.2 Å². The lowest BCUT2D eigenvalue weighted by atomic mass is 10.0. The summed E-state index contributed by atoms with van der Waals surface area (Å²) in [6.45, 7) is 0.500. The molecule has 0 radical (unpaired) electrons. The van der Waals surface area contributed by atoms with Crippen LogP contribution in [-0.4, -0.2) is 32.5 Å². The second kappa shape index (κ2) is 14.3. The van der Waals surface area contributed by atoms with Crippen LogP contribution in [-0.2, 0) is 26.8 Å². The maximum absolute atomic E-state index is 12.1. The number of benzene rings is 6. The van der Waals surface area contributed by atoms with Crippen LogP contribution in [0.25, 0.3) is 50.9 Å². The van der Waals surface area contributed by atoms with E-state index in [4.69, 9.17) is 32.4 Å². The van der Waals surface area contributed by atoms with Crippen molar-refractivity contribution < 1.29 is 39.7 Å². The summed E-state index contributed by atoms with van der Waals surface area (Å²) in [5.41, 5.74) is 2.99. The number of nitrogens with zero attached hydrogens (tertiary/aromatic N) is 2. The number of hydrogen-bond acceptors (Lipinski definition) is 9. The highest BCUT2D eigenvalue weighted by molar-refractivity contribution is 7.86. The lowest BCUT2D eigenvalue weighted by molar-refractivity contribution is -0.667. The highest BCUT2D eigenvalue weighted by atomic mass is 35.5. The van der Waals surface area contributed by atoms with Crippen LogP contribution in [0, 0.1) is 0 Å². The third-order valence-electron chi connectivity index (χ3n) is 9.14. The molecular formula is C41H27Cl2N2O8S2-. The molecule has 1 aromatic heterocycles. The first kappa shape index (κ1) is 36.5. The van der Waals surface area contributed by atoms with Gasteiger partial charge in [-0.2, -0.15) is 4.57 Å². The van der Waals surface area contributed by atoms with Gasteiger partial charge in [0.1, 0.15) is 26.3 Å². The van der Waals surface area contributed by atoms with Crippen LogP contribution in [0.3, 0.4) is 0 Å². The minimum Gasteiger partial charge on any atom is -0.744 e. The second-order valence-corrected chi connectivity index (χ2v) is 16.2. The topological polar surface area (TPSA) is 144 Å². The molecule has 0 saturated heterocycles. The molecule has 0 N–H and O–H groups in total. The third-order valence-corrected chi connectivity index (χ3v) is 11.4. The van der Waals surface area contributed by atoms with Gasteiger partial charge in [-0.1, -0.05) is 102 Å². The molecule has 0 fully saturated rings. The van der Waals surface area contributed by atoms with E-state index in [9.17, 15) is 25.9 Å². The summed E-state index contributed by atoms with van der Waals surface area (Å²) in [6.07, 6.45) is 8.88. The predicted molar refractivity (Wildman–Crippen MR) is 211 cm³/mol. The second-order valence-electron chi connectivity index (χ2n) is 12.6. The smallest absolute Gasteiger partial charge is 0.379 e. The van der Waals surface area contributed by atoms with Crippen LogP contribution in [0.2, 0.25) is 10.0 Å². The van der Waals surface area contributed by atoms with Crippen molar-refractivity contribution in [2.24, 2.45) is 0 Å². The molecule has 6 aromatic carbocycles. The van der Waals surface area contributed by atoms with Crippen molar-refractivity contribution in [2.45, 2.75) is 16.3 Å². The fourth-order valence-electron chi connectivity index (χ4n) is 6.78. The summed E-state index contributed by atoms with van der Waals surface area (Å²) in [6, 6.07) is 30.2. The molecule has 55 heavy (non-hydrogen) atoms. The molecule has 276 valence electrons. The largest absolute Gasteiger partial charge is 0.744 e. The maximum atomic E-state index is 12.1. The zero-order valence-electron chi connectivity index (χ0n) is 28.4. The Hall–Kier alpha value is -5.47. The predicted octanol–water partition coefficient (Wildman–Crippen LogP) is 8.77. The molecule has 0 saturated carbocycles. The van der Waals surface area contributed by atoms with Crippen molar-refractivity contribution in [3.63, 3.8) is 0 Å². The first-order valence-corrected chi connectivity index (χ1v) is 20.3. The SMILES string of the molecule is O=S(=O)([O-])c1cccc2cccc(C=CCN3C(=Cc4oc5ccc(Cl)cc5[n+]4CC=Cc4cccc5cccc(S(=O)(=O)[O-])c45)Oc4ccc(Cl)cc43)c12. The zero-order valence-corrected chi connectivity index (χ0v) is 31.6. The first-order chi connectivity index (χ1) is 26.3. The summed E-state index contributed by atoms with van der Waals surface area (Å²) in [4.78, 5) is 1.27. The summed E-state index contributed by atoms with van der Waals surface area (Å²) in [5.74, 6) is 1.33. The number of oxazole rings is 1. The van der Waals surface area contributed by atoms with E-state index in [-0.39, 0.29) is 22.9 Å². The van der Waals surface area contributed by atoms with E-state index < -0.39 is 20.2 Å². The number of fused-ring (bicyclic) bond motifs is 4. The molecule has 0 atom stereocenters. The Labute approximate surface area is 325 Å². The molecule has 0 amide bonds. The number of aromatic nitrogens is 1. The van der Waals surface area contributed by atoms with Gasteiger partial charge in [-0.15, -0.1) is 0 Å². The van der Waals surface area contributed by atoms with Gasteiger partial charge in [-0.25, -0.2) is 16.8 Å². The average molecular weight is 811 g/mol. The molecule has 10 nitrogen and oxygen atoms in total. The van der Waals surface area contributed by atoms with Crippen LogP contribution in [0.4, 0.5) is 5.69 Å². The molecule has 7 aromatic rings. The third kappa shape index (κ3) is 7.23. The maximum Gasteiger partial charge on any atom is 0.379 e. The van der Waals surface area contributed by atoms with Crippen LogP contribution in [0.15, 0.2) is 141 Å². The molecule has 2 heterocycles. The summed E-state index contributed by atoms with van der Waals surface area (Å²) < 4.78 is 87.4. The summed E-state index contributed by atoms with van der Waals surface area (Å²) in [5, 5.41) is 2.85. The Balaban J connectivity index is 1.18. The van der Waals surface area contributed by atoms with Crippen molar-refractivity contribution in [2.75, 3.05) is 11.4 Å². The van der Waals surface area contributed by atoms with E-state index in [2.05, 4.69) is 0 Å². The van der Waals surface area contributed by atoms with Crippen molar-refractivity contribution in [1.82, 2.24) is 0 Å². The van der Waals surface area contributed by atoms with Crippen molar-refractivity contribution in [1.29, 1.82) is 0 Å². The van der Waals surface area contributed by atoms with E-state index in [0.717, 1.165) is 0 Å². The number of hydrogen-bond donors (Lipinski definition) is 0. The molecule has 0 unspecified atom stereocenters. The van der Waals surface area contributed by atoms with E-state index in [1.54, 1.807) is 103 Å². The lowest BCUT2D eigenvalue weighted by Crippen LogP contribution is -2.35. The summed E-state index contributed by atoms with van der Waals surface area (Å²) >= 11 is 12.8. The minimum absolute atomic E-state index is 0.250. The van der Waals surface area contributed by atoms with E-state index in [0.29, 0.717) is 77.0 Å².